The van der Waals surface area contributed by atoms with E-state index in [2.05, 4.69) is 25.1 Å². The zero-order valence-electron chi connectivity index (χ0n) is 26.6. The molecule has 1 aliphatic rings. The Hall–Kier alpha value is -4.52. The van der Waals surface area contributed by atoms with Crippen molar-refractivity contribution in [1.29, 1.82) is 0 Å². The predicted molar refractivity (Wildman–Crippen MR) is 176 cm³/mol. The van der Waals surface area contributed by atoms with Gasteiger partial charge in [0.25, 0.3) is 0 Å². The molecule has 0 saturated carbocycles. The van der Waals surface area contributed by atoms with Crippen LogP contribution < -0.4 is 4.74 Å². The average molecular weight is 661 g/mol. The number of fused-ring (bicyclic) bond motifs is 1. The van der Waals surface area contributed by atoms with Gasteiger partial charge in [-0.2, -0.15) is 0 Å². The second-order valence-electron chi connectivity index (χ2n) is 12.1. The van der Waals surface area contributed by atoms with Crippen molar-refractivity contribution in [3.63, 3.8) is 0 Å². The van der Waals surface area contributed by atoms with E-state index in [1.165, 1.54) is 12.5 Å². The van der Waals surface area contributed by atoms with Crippen LogP contribution in [0.1, 0.15) is 68.7 Å². The van der Waals surface area contributed by atoms with Gasteiger partial charge in [0, 0.05) is 17.4 Å². The number of Topliss-reactive ketones (excluding diaryl/α,β-unsaturated/α-hetero) is 1. The van der Waals surface area contributed by atoms with E-state index in [-0.39, 0.29) is 45.6 Å². The highest BCUT2D eigenvalue weighted by Crippen LogP contribution is 2.46. The molecule has 1 saturated heterocycles. The summed E-state index contributed by atoms with van der Waals surface area (Å²) in [6, 6.07) is 20.2. The van der Waals surface area contributed by atoms with E-state index in [1.807, 2.05) is 36.4 Å². The Morgan fingerprint density at radius 3 is 2.27 bits per heavy atom. The van der Waals surface area contributed by atoms with Crippen molar-refractivity contribution in [2.75, 3.05) is 6.61 Å². The van der Waals surface area contributed by atoms with E-state index in [0.29, 0.717) is 6.42 Å². The van der Waals surface area contributed by atoms with E-state index in [1.54, 1.807) is 0 Å². The number of carbonyl (C=O) groups is 2. The molecular weight excluding hydrogens is 620 g/mol. The van der Waals surface area contributed by atoms with Crippen molar-refractivity contribution in [2.45, 2.75) is 76.2 Å². The third kappa shape index (κ3) is 6.87. The van der Waals surface area contributed by atoms with Crippen molar-refractivity contribution < 1.29 is 54.8 Å². The van der Waals surface area contributed by atoms with E-state index in [4.69, 9.17) is 9.47 Å². The Labute approximate surface area is 277 Å². The van der Waals surface area contributed by atoms with E-state index in [0.717, 1.165) is 36.1 Å². The largest absolute Gasteiger partial charge is 0.507 e. The standard InChI is InChI=1S/C37H40O11/c1-3-21(15-20-9-5-4-6-10-20)24-12-8-7-11-22(24)13-14-26(39)29-19(2)31(40)25-16-23(36(45)46)17-27(30(25)33(29)42)47-37-35(44)34(43)32(41)28(18-38)48-37/h4-12,16-17,21,28,32,34-35,37-38,40-44H,3,13-15,18H2,1-2H3,(H,45,46)/t21-,28-,32-,34+,35-,37+/m1/s1. The number of carbonyl (C=O) groups excluding carboxylic acids is 1. The third-order valence-corrected chi connectivity index (χ3v) is 9.11. The topological polar surface area (TPSA) is 194 Å². The van der Waals surface area contributed by atoms with Crippen LogP contribution in [-0.4, -0.2) is 84.8 Å². The van der Waals surface area contributed by atoms with Crippen molar-refractivity contribution in [3.8, 4) is 17.2 Å². The number of carboxylic acid groups (broad SMARTS) is 1. The summed E-state index contributed by atoms with van der Waals surface area (Å²) in [4.78, 5) is 25.8. The summed E-state index contributed by atoms with van der Waals surface area (Å²) in [5.74, 6) is -3.08. The van der Waals surface area contributed by atoms with Crippen LogP contribution in [0.25, 0.3) is 10.8 Å². The number of carboxylic acids is 1. The third-order valence-electron chi connectivity index (χ3n) is 9.11. The maximum absolute atomic E-state index is 13.8. The Balaban J connectivity index is 1.50. The molecule has 0 aliphatic carbocycles. The molecule has 6 atom stereocenters. The Morgan fingerprint density at radius 1 is 0.917 bits per heavy atom. The lowest BCUT2D eigenvalue weighted by Crippen LogP contribution is -2.60. The number of aromatic hydroxyl groups is 2. The fourth-order valence-corrected chi connectivity index (χ4v) is 6.42. The van der Waals surface area contributed by atoms with Gasteiger partial charge in [-0.05, 0) is 60.9 Å². The molecule has 4 aromatic carbocycles. The van der Waals surface area contributed by atoms with Crippen LogP contribution in [0.2, 0.25) is 0 Å². The molecular formula is C37H40O11. The second kappa shape index (κ2) is 14.7. The summed E-state index contributed by atoms with van der Waals surface area (Å²) in [5.41, 5.74) is 2.80. The molecule has 254 valence electrons. The highest BCUT2D eigenvalue weighted by atomic mass is 16.7. The molecule has 0 bridgehead atoms. The minimum Gasteiger partial charge on any atom is -0.507 e. The van der Waals surface area contributed by atoms with Gasteiger partial charge in [-0.3, -0.25) is 4.79 Å². The monoisotopic (exact) mass is 660 g/mol. The number of phenols is 2. The van der Waals surface area contributed by atoms with E-state index < -0.39 is 60.6 Å². The summed E-state index contributed by atoms with van der Waals surface area (Å²) >= 11 is 0. The second-order valence-corrected chi connectivity index (χ2v) is 12.1. The van der Waals surface area contributed by atoms with Gasteiger partial charge in [0.2, 0.25) is 6.29 Å². The number of aliphatic hydroxyl groups is 4. The van der Waals surface area contributed by atoms with Crippen LogP contribution in [0, 0.1) is 6.92 Å². The van der Waals surface area contributed by atoms with E-state index in [9.17, 15) is 45.3 Å². The molecule has 0 spiro atoms. The van der Waals surface area contributed by atoms with Gasteiger partial charge in [-0.1, -0.05) is 61.5 Å². The molecule has 4 aromatic rings. The molecule has 0 amide bonds. The molecule has 1 aliphatic heterocycles. The molecule has 0 aromatic heterocycles. The minimum atomic E-state index is -1.84. The van der Waals surface area contributed by atoms with Gasteiger partial charge in [0.15, 0.2) is 5.78 Å². The highest BCUT2D eigenvalue weighted by molar-refractivity contribution is 6.11. The quantitative estimate of drug-likeness (QED) is 0.0858. The number of phenolic OH excluding ortho intramolecular Hbond substituents is 2. The molecule has 11 heteroatoms. The first-order valence-electron chi connectivity index (χ1n) is 15.8. The zero-order chi connectivity index (χ0) is 34.7. The number of benzene rings is 4. The predicted octanol–water partition coefficient (Wildman–Crippen LogP) is 3.99. The fourth-order valence-electron chi connectivity index (χ4n) is 6.42. The summed E-state index contributed by atoms with van der Waals surface area (Å²) in [6.07, 6.45) is -6.32. The SMILES string of the molecule is CC[C@H](Cc1ccccc1)c1ccccc1CCC(=O)c1c(C)c(O)c2cc(C(=O)O)cc(O[C@H]3O[C@H](CO)[C@@H](O)[C@H](O)[C@H]3O)c2c1O. The van der Waals surface area contributed by atoms with Crippen molar-refractivity contribution in [3.05, 3.63) is 100 Å². The fraction of sp³-hybridized carbons (Fsp3) is 0.351. The lowest BCUT2D eigenvalue weighted by molar-refractivity contribution is -0.277. The lowest BCUT2D eigenvalue weighted by Gasteiger charge is -2.39. The number of ether oxygens (including phenoxy) is 2. The Morgan fingerprint density at radius 2 is 1.60 bits per heavy atom. The zero-order valence-corrected chi connectivity index (χ0v) is 26.6. The maximum Gasteiger partial charge on any atom is 0.335 e. The summed E-state index contributed by atoms with van der Waals surface area (Å²) in [7, 11) is 0. The van der Waals surface area contributed by atoms with Crippen LogP contribution in [0.3, 0.4) is 0 Å². The van der Waals surface area contributed by atoms with Gasteiger partial charge < -0.3 is 45.2 Å². The normalized spacial score (nSPS) is 21.6. The van der Waals surface area contributed by atoms with Crippen molar-refractivity contribution in [2.24, 2.45) is 0 Å². The molecule has 11 nitrogen and oxygen atoms in total. The van der Waals surface area contributed by atoms with Crippen LogP contribution in [0.5, 0.6) is 17.2 Å². The first kappa shape index (κ1) is 34.8. The summed E-state index contributed by atoms with van der Waals surface area (Å²) in [6.45, 7) is 2.82. The molecule has 7 N–H and O–H groups in total. The van der Waals surface area contributed by atoms with Gasteiger partial charge >= 0.3 is 5.97 Å². The summed E-state index contributed by atoms with van der Waals surface area (Å²) in [5, 5.41) is 72.8. The van der Waals surface area contributed by atoms with Crippen LogP contribution >= 0.6 is 0 Å². The molecule has 48 heavy (non-hydrogen) atoms. The van der Waals surface area contributed by atoms with Crippen LogP contribution in [-0.2, 0) is 17.6 Å². The van der Waals surface area contributed by atoms with Crippen molar-refractivity contribution >= 4 is 22.5 Å². The van der Waals surface area contributed by atoms with Gasteiger partial charge in [0.05, 0.1) is 23.1 Å². The van der Waals surface area contributed by atoms with Crippen LogP contribution in [0.4, 0.5) is 0 Å². The Kier molecular flexibility index (Phi) is 10.7. The minimum absolute atomic E-state index is 0.0196. The highest BCUT2D eigenvalue weighted by Gasteiger charge is 2.45. The van der Waals surface area contributed by atoms with Gasteiger partial charge in [-0.15, -0.1) is 0 Å². The molecule has 5 rings (SSSR count). The number of ketones is 1. The Bertz CT molecular complexity index is 1790. The molecule has 0 radical (unpaired) electrons. The number of aromatic carboxylic acids is 1. The molecule has 1 heterocycles. The summed E-state index contributed by atoms with van der Waals surface area (Å²) < 4.78 is 11.2. The number of aryl methyl sites for hydroxylation is 1. The first-order chi connectivity index (χ1) is 23.0. The van der Waals surface area contributed by atoms with Gasteiger partial charge in [0.1, 0.15) is 41.7 Å². The van der Waals surface area contributed by atoms with Crippen molar-refractivity contribution in [1.82, 2.24) is 0 Å². The van der Waals surface area contributed by atoms with Crippen LogP contribution in [0.15, 0.2) is 66.7 Å². The first-order valence-corrected chi connectivity index (χ1v) is 15.8. The number of hydrogen-bond acceptors (Lipinski definition) is 10. The molecule has 1 fully saturated rings. The van der Waals surface area contributed by atoms with E-state index >= 15 is 0 Å². The number of aliphatic hydroxyl groups excluding tert-OH is 4. The average Bonchev–Trinajstić information content (AvgIpc) is 3.09. The smallest absolute Gasteiger partial charge is 0.335 e. The van der Waals surface area contributed by atoms with Gasteiger partial charge in [-0.25, -0.2) is 4.79 Å². The lowest BCUT2D eigenvalue weighted by atomic mass is 9.85. The maximum atomic E-state index is 13.8. The number of rotatable bonds is 12. The molecule has 0 unspecified atom stereocenters. The number of hydrogen-bond donors (Lipinski definition) is 7.